The average molecular weight is 446 g/mol. The van der Waals surface area contributed by atoms with Gasteiger partial charge in [-0.25, -0.2) is 10.1 Å². The Morgan fingerprint density at radius 3 is 2.59 bits per heavy atom. The number of hydrogen-bond acceptors (Lipinski definition) is 2. The van der Waals surface area contributed by atoms with Crippen molar-refractivity contribution in [1.29, 1.82) is 5.26 Å². The number of hydrogen-bond donors (Lipinski definition) is 0. The highest BCUT2D eigenvalue weighted by Gasteiger charge is 2.39. The van der Waals surface area contributed by atoms with Crippen LogP contribution in [-0.4, -0.2) is 10.2 Å². The van der Waals surface area contributed by atoms with Gasteiger partial charge in [0.25, 0.3) is 5.70 Å². The third-order valence-corrected chi connectivity index (χ3v) is 7.20. The van der Waals surface area contributed by atoms with Gasteiger partial charge in [0.15, 0.2) is 0 Å². The predicted octanol–water partition coefficient (Wildman–Crippen LogP) is 7.57. The summed E-state index contributed by atoms with van der Waals surface area (Å²) in [5.74, 6) is 0.731. The van der Waals surface area contributed by atoms with Gasteiger partial charge in [0.2, 0.25) is 0 Å². The minimum atomic E-state index is -0.277. The van der Waals surface area contributed by atoms with Crippen LogP contribution in [0.4, 0.5) is 0 Å². The minimum Gasteiger partial charge on any atom is -0.487 e. The molecular formula is C30H27N3O. The molecule has 4 heteroatoms. The molecule has 0 unspecified atom stereocenters. The summed E-state index contributed by atoms with van der Waals surface area (Å²) in [6, 6.07) is 19.0. The van der Waals surface area contributed by atoms with Gasteiger partial charge in [-0.05, 0) is 92.6 Å². The number of allylic oxidation sites excluding steroid dienone is 3. The zero-order valence-corrected chi connectivity index (χ0v) is 19.6. The van der Waals surface area contributed by atoms with Gasteiger partial charge in [-0.1, -0.05) is 30.3 Å². The first-order valence-electron chi connectivity index (χ1n) is 11.8. The summed E-state index contributed by atoms with van der Waals surface area (Å²) in [7, 11) is 0. The third kappa shape index (κ3) is 3.82. The quantitative estimate of drug-likeness (QED) is 0.308. The van der Waals surface area contributed by atoms with E-state index < -0.39 is 0 Å². The van der Waals surface area contributed by atoms with Gasteiger partial charge in [0.1, 0.15) is 11.4 Å². The molecule has 2 aliphatic rings. The molecular weight excluding hydrogens is 418 g/mol. The van der Waals surface area contributed by atoms with Gasteiger partial charge in [-0.2, -0.15) is 0 Å². The monoisotopic (exact) mass is 445 g/mol. The van der Waals surface area contributed by atoms with E-state index in [4.69, 9.17) is 11.3 Å². The molecule has 0 N–H and O–H groups in total. The first-order valence-corrected chi connectivity index (χ1v) is 11.8. The molecule has 4 nitrogen and oxygen atoms in total. The fraction of sp³-hybridized carbons (Fsp3) is 0.267. The predicted molar refractivity (Wildman–Crippen MR) is 136 cm³/mol. The third-order valence-electron chi connectivity index (χ3n) is 7.20. The van der Waals surface area contributed by atoms with Gasteiger partial charge in [-0.15, -0.1) is 0 Å². The van der Waals surface area contributed by atoms with E-state index in [1.165, 1.54) is 22.2 Å². The smallest absolute Gasteiger partial charge is 0.265 e. The zero-order chi connectivity index (χ0) is 23.7. The largest absolute Gasteiger partial charge is 0.487 e. The van der Waals surface area contributed by atoms with Gasteiger partial charge < -0.3 is 9.30 Å². The normalized spacial score (nSPS) is 18.5. The molecule has 0 radical (unpaired) electrons. The van der Waals surface area contributed by atoms with Gasteiger partial charge in [0.05, 0.1) is 18.2 Å². The maximum atomic E-state index is 9.43. The second-order valence-electron chi connectivity index (χ2n) is 9.30. The van der Waals surface area contributed by atoms with E-state index in [2.05, 4.69) is 77.9 Å². The van der Waals surface area contributed by atoms with E-state index in [0.29, 0.717) is 6.42 Å². The molecule has 0 atom stereocenters. The molecule has 34 heavy (non-hydrogen) atoms. The topological polar surface area (TPSA) is 42.3 Å². The van der Waals surface area contributed by atoms with Crippen LogP contribution >= 0.6 is 0 Å². The average Bonchev–Trinajstić information content (AvgIpc) is 3.40. The van der Waals surface area contributed by atoms with Crippen LogP contribution in [0.25, 0.3) is 27.5 Å². The fourth-order valence-corrected chi connectivity index (χ4v) is 5.37. The van der Waals surface area contributed by atoms with Crippen LogP contribution in [0.1, 0.15) is 48.9 Å². The van der Waals surface area contributed by atoms with Crippen LogP contribution < -0.4 is 0 Å². The lowest BCUT2D eigenvalue weighted by Gasteiger charge is -2.35. The number of benzene rings is 2. The molecule has 3 aromatic rings. The number of ether oxygens (including phenoxy) is 1. The highest BCUT2D eigenvalue weighted by Crippen LogP contribution is 2.44. The Bertz CT molecular complexity index is 1420. The molecule has 5 rings (SSSR count). The summed E-state index contributed by atoms with van der Waals surface area (Å²) >= 11 is 0. The number of aromatic nitrogens is 1. The van der Waals surface area contributed by atoms with Crippen LogP contribution in [0.15, 0.2) is 77.7 Å². The number of para-hydroxylation sites is 1. The van der Waals surface area contributed by atoms with E-state index in [0.717, 1.165) is 48.3 Å². The van der Waals surface area contributed by atoms with Crippen LogP contribution in [0, 0.1) is 31.8 Å². The summed E-state index contributed by atoms with van der Waals surface area (Å²) in [4.78, 5) is 3.46. The van der Waals surface area contributed by atoms with Crippen molar-refractivity contribution in [2.24, 2.45) is 0 Å². The fourth-order valence-electron chi connectivity index (χ4n) is 5.37. The molecule has 168 valence electrons. The van der Waals surface area contributed by atoms with Crippen molar-refractivity contribution in [3.8, 4) is 11.8 Å². The number of aryl methyl sites for hydroxylation is 1. The van der Waals surface area contributed by atoms with E-state index in [1.807, 2.05) is 18.2 Å². The first-order chi connectivity index (χ1) is 16.5. The summed E-state index contributed by atoms with van der Waals surface area (Å²) in [5.41, 5.74) is 6.65. The Labute approximate surface area is 200 Å². The summed E-state index contributed by atoms with van der Waals surface area (Å²) in [6.45, 7) is 11.7. The Balaban J connectivity index is 1.51. The minimum absolute atomic E-state index is 0.176. The Kier molecular flexibility index (Phi) is 5.60. The number of fused-ring (bicyclic) bond motifs is 1. The molecule has 0 saturated heterocycles. The van der Waals surface area contributed by atoms with Gasteiger partial charge in [0, 0.05) is 23.2 Å². The lowest BCUT2D eigenvalue weighted by molar-refractivity contribution is 0.00776. The molecule has 2 heterocycles. The van der Waals surface area contributed by atoms with Crippen LogP contribution in [0.3, 0.4) is 0 Å². The maximum Gasteiger partial charge on any atom is 0.265 e. The van der Waals surface area contributed by atoms with Gasteiger partial charge in [-0.3, -0.25) is 0 Å². The van der Waals surface area contributed by atoms with Crippen LogP contribution in [0.2, 0.25) is 0 Å². The van der Waals surface area contributed by atoms with Crippen molar-refractivity contribution < 1.29 is 4.74 Å². The Morgan fingerprint density at radius 2 is 1.88 bits per heavy atom. The first kappa shape index (κ1) is 21.8. The summed E-state index contributed by atoms with van der Waals surface area (Å²) < 4.78 is 8.75. The standard InChI is InChI=1S/C30H27N3O/c1-21-22(2)33(25-9-5-4-6-10-25)29-14-12-23(17-27(21)29)11-13-26-18-24(28(20-31)32-3)19-30(34-26)15-7-8-16-30/h4-6,9-14,17-18H,7-8,15-16,19H2,1-2H3/b13-11+,28-24+. The Hall–Kier alpha value is -4.02. The van der Waals surface area contributed by atoms with E-state index in [9.17, 15) is 5.26 Å². The van der Waals surface area contributed by atoms with Crippen LogP contribution in [0.5, 0.6) is 0 Å². The second kappa shape index (κ2) is 8.73. The molecule has 1 aliphatic carbocycles. The van der Waals surface area contributed by atoms with Crippen molar-refractivity contribution in [3.05, 3.63) is 106 Å². The molecule has 2 aromatic carbocycles. The molecule has 1 aliphatic heterocycles. The summed E-state index contributed by atoms with van der Waals surface area (Å²) in [6.07, 6.45) is 10.7. The highest BCUT2D eigenvalue weighted by atomic mass is 16.5. The molecule has 0 bridgehead atoms. The summed E-state index contributed by atoms with van der Waals surface area (Å²) in [5, 5.41) is 10.7. The number of nitrogens with zero attached hydrogens (tertiary/aromatic N) is 3. The second-order valence-corrected chi connectivity index (χ2v) is 9.30. The van der Waals surface area contributed by atoms with Crippen molar-refractivity contribution in [2.75, 3.05) is 0 Å². The van der Waals surface area contributed by atoms with E-state index >= 15 is 0 Å². The molecule has 1 fully saturated rings. The molecule has 0 amide bonds. The molecule has 1 aromatic heterocycles. The SMILES string of the molecule is [C-]#[N+]/C(C#N)=C1C=C(/C=C/c2ccc3c(c2)c(C)c(C)n3-c2ccccc2)OC2(CCCC2)C\1. The Morgan fingerprint density at radius 1 is 1.12 bits per heavy atom. The molecule has 1 saturated carbocycles. The zero-order valence-electron chi connectivity index (χ0n) is 19.6. The van der Waals surface area contributed by atoms with Crippen molar-refractivity contribution in [2.45, 2.75) is 51.6 Å². The molecule has 1 spiro atoms. The van der Waals surface area contributed by atoms with E-state index in [-0.39, 0.29) is 11.3 Å². The highest BCUT2D eigenvalue weighted by molar-refractivity contribution is 5.89. The maximum absolute atomic E-state index is 9.43. The van der Waals surface area contributed by atoms with Crippen molar-refractivity contribution >= 4 is 17.0 Å². The van der Waals surface area contributed by atoms with Crippen molar-refractivity contribution in [1.82, 2.24) is 4.57 Å². The number of nitriles is 1. The van der Waals surface area contributed by atoms with Gasteiger partial charge >= 0.3 is 0 Å². The number of rotatable bonds is 3. The lowest BCUT2D eigenvalue weighted by atomic mass is 9.88. The lowest BCUT2D eigenvalue weighted by Crippen LogP contribution is -2.31. The van der Waals surface area contributed by atoms with Crippen LogP contribution in [-0.2, 0) is 4.74 Å². The van der Waals surface area contributed by atoms with Crippen molar-refractivity contribution in [3.63, 3.8) is 0 Å². The van der Waals surface area contributed by atoms with E-state index in [1.54, 1.807) is 0 Å².